The van der Waals surface area contributed by atoms with Crippen LogP contribution in [0.1, 0.15) is 32.6 Å². The predicted molar refractivity (Wildman–Crippen MR) is 113 cm³/mol. The van der Waals surface area contributed by atoms with Gasteiger partial charge in [-0.2, -0.15) is 0 Å². The normalized spacial score (nSPS) is 22.5. The molecule has 0 radical (unpaired) electrons. The molecule has 10 nitrogen and oxygen atoms in total. The molecule has 2 amide bonds. The molecule has 170 valence electrons. The van der Waals surface area contributed by atoms with Crippen LogP contribution >= 0.6 is 0 Å². The molecule has 2 atom stereocenters. The Morgan fingerprint density at radius 1 is 1.16 bits per heavy atom. The number of nitrogens with one attached hydrogen (secondary N) is 1. The van der Waals surface area contributed by atoms with Crippen molar-refractivity contribution in [2.75, 3.05) is 26.2 Å². The molecule has 0 aromatic carbocycles. The van der Waals surface area contributed by atoms with Crippen LogP contribution < -0.4 is 5.32 Å². The maximum absolute atomic E-state index is 14.6. The Kier molecular flexibility index (Phi) is 6.42. The Labute approximate surface area is 184 Å². The molecule has 0 spiro atoms. The highest BCUT2D eigenvalue weighted by atomic mass is 19.1. The summed E-state index contributed by atoms with van der Waals surface area (Å²) in [7, 11) is 0. The van der Waals surface area contributed by atoms with E-state index in [1.165, 1.54) is 22.0 Å². The number of nitrogens with zero attached hydrogens (tertiary/aromatic N) is 6. The molecule has 32 heavy (non-hydrogen) atoms. The summed E-state index contributed by atoms with van der Waals surface area (Å²) in [5.74, 6) is -2.53. The first kappa shape index (κ1) is 21.8. The topological polar surface area (TPSA) is 113 Å². The van der Waals surface area contributed by atoms with Gasteiger partial charge in [0.15, 0.2) is 5.84 Å². The largest absolute Gasteiger partial charge is 0.380 e. The number of aliphatic imine (C=N–C) groups is 1. The van der Waals surface area contributed by atoms with Crippen LogP contribution in [0, 0.1) is 5.92 Å². The fourth-order valence-corrected chi connectivity index (χ4v) is 4.21. The number of hydrogen-bond donors (Lipinski definition) is 1. The van der Waals surface area contributed by atoms with Gasteiger partial charge in [0.25, 0.3) is 5.91 Å². The van der Waals surface area contributed by atoms with Crippen LogP contribution in [0.25, 0.3) is 0 Å². The quantitative estimate of drug-likeness (QED) is 0.510. The molecule has 1 aromatic rings. The molecule has 1 fully saturated rings. The zero-order valence-corrected chi connectivity index (χ0v) is 17.9. The van der Waals surface area contributed by atoms with Gasteiger partial charge in [-0.1, -0.05) is 25.0 Å². The molecule has 0 bridgehead atoms. The number of fused-ring (bicyclic) bond motifs is 1. The lowest BCUT2D eigenvalue weighted by atomic mass is 9.88. The van der Waals surface area contributed by atoms with Gasteiger partial charge >= 0.3 is 0 Å². The van der Waals surface area contributed by atoms with E-state index in [1.54, 1.807) is 11.1 Å². The van der Waals surface area contributed by atoms with Crippen LogP contribution in [0.4, 0.5) is 4.39 Å². The van der Waals surface area contributed by atoms with Crippen LogP contribution in [0.2, 0.25) is 0 Å². The highest BCUT2D eigenvalue weighted by Crippen LogP contribution is 2.34. The Balaban J connectivity index is 1.37. The van der Waals surface area contributed by atoms with Crippen LogP contribution in [-0.2, 0) is 14.4 Å². The molecular formula is C21H26FN7O3. The van der Waals surface area contributed by atoms with Crippen molar-refractivity contribution in [1.82, 2.24) is 30.1 Å². The van der Waals surface area contributed by atoms with Crippen LogP contribution in [0.3, 0.4) is 0 Å². The van der Waals surface area contributed by atoms with Crippen molar-refractivity contribution >= 4 is 23.4 Å². The minimum atomic E-state index is -0.954. The standard InChI is InChI=1S/C21H26FN7O3/c1-2-3-4-5-16(30)27-8-10-28(11-9-27)21(32)19(31)14-12-23-18-17(14)15(22)13-24-20(18)29-7-6-25-26-29/h6-7,12-13,17-18,23H,2-5,8-11H2,1H3. The molecule has 4 rings (SSSR count). The van der Waals surface area contributed by atoms with E-state index in [0.29, 0.717) is 25.3 Å². The first-order chi connectivity index (χ1) is 15.5. The highest BCUT2D eigenvalue weighted by molar-refractivity contribution is 6.43. The average Bonchev–Trinajstić information content (AvgIpc) is 3.50. The van der Waals surface area contributed by atoms with E-state index in [0.717, 1.165) is 25.5 Å². The molecule has 0 aliphatic carbocycles. The number of amides is 2. The third kappa shape index (κ3) is 4.19. The zero-order valence-electron chi connectivity index (χ0n) is 17.9. The number of carbonyl (C=O) groups is 3. The summed E-state index contributed by atoms with van der Waals surface area (Å²) >= 11 is 0. The minimum absolute atomic E-state index is 0.0549. The smallest absolute Gasteiger partial charge is 0.294 e. The molecule has 1 aromatic heterocycles. The third-order valence-corrected chi connectivity index (χ3v) is 6.01. The fourth-order valence-electron chi connectivity index (χ4n) is 4.21. The summed E-state index contributed by atoms with van der Waals surface area (Å²) in [5, 5.41) is 10.6. The van der Waals surface area contributed by atoms with Crippen molar-refractivity contribution in [2.45, 2.75) is 38.6 Å². The lowest BCUT2D eigenvalue weighted by Crippen LogP contribution is -2.52. The Hall–Kier alpha value is -3.37. The van der Waals surface area contributed by atoms with Crippen LogP contribution in [0.15, 0.2) is 41.2 Å². The summed E-state index contributed by atoms with van der Waals surface area (Å²) in [6, 6.07) is -0.661. The van der Waals surface area contributed by atoms with Crippen molar-refractivity contribution in [3.8, 4) is 0 Å². The minimum Gasteiger partial charge on any atom is -0.380 e. The Morgan fingerprint density at radius 2 is 1.91 bits per heavy atom. The summed E-state index contributed by atoms with van der Waals surface area (Å²) < 4.78 is 16.0. The van der Waals surface area contributed by atoms with E-state index in [4.69, 9.17) is 0 Å². The summed E-state index contributed by atoms with van der Waals surface area (Å²) in [4.78, 5) is 45.4. The zero-order chi connectivity index (χ0) is 22.7. The SMILES string of the molecule is CCCCCC(=O)N1CCN(C(=O)C(=O)C2=CNC3C(n4ccnn4)=NC=C(F)C23)CC1. The highest BCUT2D eigenvalue weighted by Gasteiger charge is 2.44. The molecule has 0 saturated carbocycles. The van der Waals surface area contributed by atoms with E-state index < -0.39 is 29.5 Å². The molecule has 1 N–H and O–H groups in total. The Morgan fingerprint density at radius 3 is 2.59 bits per heavy atom. The second kappa shape index (κ2) is 9.41. The molecule has 3 aliphatic rings. The summed E-state index contributed by atoms with van der Waals surface area (Å²) in [6.45, 7) is 3.43. The second-order valence-corrected chi connectivity index (χ2v) is 8.03. The summed E-state index contributed by atoms with van der Waals surface area (Å²) in [5.41, 5.74) is 0.0549. The molecule has 2 unspecified atom stereocenters. The second-order valence-electron chi connectivity index (χ2n) is 8.03. The maximum atomic E-state index is 14.6. The molecule has 3 aliphatic heterocycles. The van der Waals surface area contributed by atoms with Crippen molar-refractivity contribution < 1.29 is 18.8 Å². The third-order valence-electron chi connectivity index (χ3n) is 6.01. The molecular weight excluding hydrogens is 417 g/mol. The van der Waals surface area contributed by atoms with Crippen molar-refractivity contribution in [3.05, 3.63) is 36.2 Å². The number of unbranched alkanes of at least 4 members (excludes halogenated alkanes) is 2. The lowest BCUT2D eigenvalue weighted by Gasteiger charge is -2.34. The van der Waals surface area contributed by atoms with E-state index in [9.17, 15) is 18.8 Å². The number of halogens is 1. The number of hydrogen-bond acceptors (Lipinski definition) is 7. The number of aromatic nitrogens is 3. The van der Waals surface area contributed by atoms with Crippen molar-refractivity contribution in [3.63, 3.8) is 0 Å². The number of carbonyl (C=O) groups excluding carboxylic acids is 3. The fraction of sp³-hybridized carbons (Fsp3) is 0.524. The van der Waals surface area contributed by atoms with Gasteiger partial charge in [-0.05, 0) is 6.42 Å². The number of piperazine rings is 1. The van der Waals surface area contributed by atoms with Crippen molar-refractivity contribution in [1.29, 1.82) is 0 Å². The van der Waals surface area contributed by atoms with Crippen molar-refractivity contribution in [2.24, 2.45) is 10.9 Å². The van der Waals surface area contributed by atoms with E-state index in [1.807, 2.05) is 0 Å². The molecule has 4 heterocycles. The van der Waals surface area contributed by atoms with E-state index in [2.05, 4.69) is 27.5 Å². The molecule has 1 saturated heterocycles. The number of ketones is 1. The summed E-state index contributed by atoms with van der Waals surface area (Å²) in [6.07, 6.45) is 8.89. The van der Waals surface area contributed by atoms with E-state index >= 15 is 0 Å². The Bertz CT molecular complexity index is 978. The van der Waals surface area contributed by atoms with Gasteiger partial charge in [-0.25, -0.2) is 14.1 Å². The average molecular weight is 443 g/mol. The van der Waals surface area contributed by atoms with Crippen LogP contribution in [-0.4, -0.2) is 80.4 Å². The number of Topliss-reactive ketones (excluding diaryl/α,β-unsaturated/α-hetero) is 1. The first-order valence-corrected chi connectivity index (χ1v) is 10.9. The predicted octanol–water partition coefficient (Wildman–Crippen LogP) is 0.641. The van der Waals surface area contributed by atoms with Gasteiger partial charge in [0.2, 0.25) is 11.7 Å². The van der Waals surface area contributed by atoms with Gasteiger partial charge < -0.3 is 15.1 Å². The maximum Gasteiger partial charge on any atom is 0.294 e. The van der Waals surface area contributed by atoms with Gasteiger partial charge in [0, 0.05) is 44.4 Å². The van der Waals surface area contributed by atoms with Gasteiger partial charge in [-0.15, -0.1) is 5.10 Å². The van der Waals surface area contributed by atoms with Gasteiger partial charge in [0.1, 0.15) is 5.83 Å². The lowest BCUT2D eigenvalue weighted by molar-refractivity contribution is -0.146. The van der Waals surface area contributed by atoms with E-state index in [-0.39, 0.29) is 24.6 Å². The van der Waals surface area contributed by atoms with Gasteiger partial charge in [-0.3, -0.25) is 14.4 Å². The number of rotatable bonds is 6. The molecule has 11 heteroatoms. The monoisotopic (exact) mass is 443 g/mol. The van der Waals surface area contributed by atoms with Gasteiger partial charge in [0.05, 0.1) is 30.6 Å². The van der Waals surface area contributed by atoms with Crippen LogP contribution in [0.5, 0.6) is 0 Å². The first-order valence-electron chi connectivity index (χ1n) is 10.9.